The normalized spacial score (nSPS) is 11.4. The number of hydrogen-bond acceptors (Lipinski definition) is 3. The van der Waals surface area contributed by atoms with E-state index in [2.05, 4.69) is 29.4 Å². The van der Waals surface area contributed by atoms with Crippen LogP contribution in [0.5, 0.6) is 0 Å². The molecule has 0 saturated heterocycles. The van der Waals surface area contributed by atoms with Gasteiger partial charge in [0.1, 0.15) is 0 Å². The van der Waals surface area contributed by atoms with Gasteiger partial charge in [-0.2, -0.15) is 0 Å². The number of anilines is 1. The van der Waals surface area contributed by atoms with Crippen LogP contribution in [-0.2, 0) is 10.0 Å². The van der Waals surface area contributed by atoms with Gasteiger partial charge < -0.3 is 5.32 Å². The van der Waals surface area contributed by atoms with Gasteiger partial charge in [-0.25, -0.2) is 8.42 Å². The van der Waals surface area contributed by atoms with E-state index in [1.54, 1.807) is 12.1 Å². The van der Waals surface area contributed by atoms with Gasteiger partial charge >= 0.3 is 0 Å². The van der Waals surface area contributed by atoms with Crippen LogP contribution in [0.2, 0.25) is 0 Å². The molecular formula is C18H23N3O2S2. The predicted octanol–water partition coefficient (Wildman–Crippen LogP) is 3.61. The Balaban J connectivity index is 2.00. The summed E-state index contributed by atoms with van der Waals surface area (Å²) in [5, 5.41) is 3.14. The molecule has 0 aliphatic carbocycles. The molecule has 0 fully saturated rings. The highest BCUT2D eigenvalue weighted by atomic mass is 32.2. The molecule has 0 unspecified atom stereocenters. The maximum absolute atomic E-state index is 12.3. The van der Waals surface area contributed by atoms with Crippen molar-refractivity contribution in [2.75, 3.05) is 5.32 Å². The first-order chi connectivity index (χ1) is 11.7. The quantitative estimate of drug-likeness (QED) is 0.549. The number of hydrazine groups is 1. The van der Waals surface area contributed by atoms with Crippen molar-refractivity contribution in [3.8, 4) is 0 Å². The highest BCUT2D eigenvalue weighted by molar-refractivity contribution is 7.89. The summed E-state index contributed by atoms with van der Waals surface area (Å²) < 4.78 is 24.6. The van der Waals surface area contributed by atoms with E-state index >= 15 is 0 Å². The molecule has 0 radical (unpaired) electrons. The minimum atomic E-state index is -3.70. The van der Waals surface area contributed by atoms with Gasteiger partial charge in [0.2, 0.25) is 0 Å². The molecule has 2 rings (SSSR count). The molecule has 0 saturated carbocycles. The highest BCUT2D eigenvalue weighted by Gasteiger charge is 2.14. The lowest BCUT2D eigenvalue weighted by molar-refractivity contribution is 0.577. The van der Waals surface area contributed by atoms with Crippen LogP contribution in [-0.4, -0.2) is 13.5 Å². The van der Waals surface area contributed by atoms with Crippen LogP contribution in [0, 0.1) is 13.8 Å². The second-order valence-corrected chi connectivity index (χ2v) is 8.38. The van der Waals surface area contributed by atoms with E-state index in [0.29, 0.717) is 5.92 Å². The average molecular weight is 378 g/mol. The lowest BCUT2D eigenvalue weighted by atomic mass is 10.0. The number of sulfonamides is 1. The van der Waals surface area contributed by atoms with Gasteiger partial charge in [-0.05, 0) is 72.9 Å². The second-order valence-electron chi connectivity index (χ2n) is 6.28. The summed E-state index contributed by atoms with van der Waals surface area (Å²) in [6.45, 7) is 8.08. The Kier molecular flexibility index (Phi) is 6.16. The Morgan fingerprint density at radius 1 is 1.00 bits per heavy atom. The summed E-state index contributed by atoms with van der Waals surface area (Å²) >= 11 is 5.15. The van der Waals surface area contributed by atoms with E-state index in [-0.39, 0.29) is 10.0 Å². The number of aryl methyl sites for hydroxylation is 2. The summed E-state index contributed by atoms with van der Waals surface area (Å²) in [6, 6.07) is 12.7. The zero-order valence-corrected chi connectivity index (χ0v) is 16.4. The molecule has 0 aromatic heterocycles. The lowest BCUT2D eigenvalue weighted by Gasteiger charge is -2.13. The van der Waals surface area contributed by atoms with Gasteiger partial charge in [-0.1, -0.05) is 32.0 Å². The van der Waals surface area contributed by atoms with Crippen molar-refractivity contribution in [1.29, 1.82) is 0 Å². The average Bonchev–Trinajstić information content (AvgIpc) is 2.52. The van der Waals surface area contributed by atoms with Crippen molar-refractivity contribution in [3.63, 3.8) is 0 Å². The van der Waals surface area contributed by atoms with Crippen molar-refractivity contribution in [1.82, 2.24) is 10.3 Å². The van der Waals surface area contributed by atoms with Gasteiger partial charge in [0, 0.05) is 5.69 Å². The van der Waals surface area contributed by atoms with Gasteiger partial charge in [0.25, 0.3) is 10.0 Å². The van der Waals surface area contributed by atoms with Gasteiger partial charge in [0.15, 0.2) is 5.11 Å². The summed E-state index contributed by atoms with van der Waals surface area (Å²) in [6.07, 6.45) is 0. The van der Waals surface area contributed by atoms with E-state index in [0.717, 1.165) is 22.4 Å². The van der Waals surface area contributed by atoms with Crippen molar-refractivity contribution in [2.24, 2.45) is 0 Å². The van der Waals surface area contributed by atoms with Crippen molar-refractivity contribution in [3.05, 3.63) is 59.2 Å². The molecule has 25 heavy (non-hydrogen) atoms. The van der Waals surface area contributed by atoms with Gasteiger partial charge in [-0.3, -0.25) is 5.43 Å². The summed E-state index contributed by atoms with van der Waals surface area (Å²) in [7, 11) is -3.70. The van der Waals surface area contributed by atoms with Gasteiger partial charge in [-0.15, -0.1) is 4.83 Å². The molecule has 0 spiro atoms. The first kappa shape index (κ1) is 19.4. The standard InChI is InChI=1S/C18H23N3O2S2/c1-12(2)15-5-7-17(8-6-15)25(22,23)21-20-18(24)19-16-10-13(3)9-14(4)11-16/h5-12,21H,1-4H3,(H2,19,20,24). The molecule has 0 aliphatic rings. The van der Waals surface area contributed by atoms with Crippen LogP contribution in [0.4, 0.5) is 5.69 Å². The number of thiocarbonyl (C=S) groups is 1. The Bertz CT molecular complexity index is 840. The second kappa shape index (κ2) is 7.95. The molecule has 0 aliphatic heterocycles. The molecular weight excluding hydrogens is 354 g/mol. The number of rotatable bonds is 5. The third-order valence-electron chi connectivity index (χ3n) is 3.64. The van der Waals surface area contributed by atoms with Crippen molar-refractivity contribution in [2.45, 2.75) is 38.5 Å². The largest absolute Gasteiger partial charge is 0.332 e. The maximum atomic E-state index is 12.3. The molecule has 134 valence electrons. The molecule has 0 amide bonds. The van der Waals surface area contributed by atoms with Crippen LogP contribution in [0.25, 0.3) is 0 Å². The van der Waals surface area contributed by atoms with Crippen LogP contribution >= 0.6 is 12.2 Å². The lowest BCUT2D eigenvalue weighted by Crippen LogP contribution is -2.43. The van der Waals surface area contributed by atoms with Gasteiger partial charge in [0.05, 0.1) is 4.90 Å². The monoisotopic (exact) mass is 377 g/mol. The SMILES string of the molecule is Cc1cc(C)cc(NC(=S)NNS(=O)(=O)c2ccc(C(C)C)cc2)c1. The first-order valence-corrected chi connectivity index (χ1v) is 9.83. The molecule has 2 aromatic rings. The Hall–Kier alpha value is -1.96. The molecule has 5 nitrogen and oxygen atoms in total. The van der Waals surface area contributed by atoms with Crippen LogP contribution in [0.1, 0.15) is 36.5 Å². The minimum Gasteiger partial charge on any atom is -0.332 e. The minimum absolute atomic E-state index is 0.173. The van der Waals surface area contributed by atoms with E-state index in [9.17, 15) is 8.42 Å². The summed E-state index contributed by atoms with van der Waals surface area (Å²) in [5.74, 6) is 0.345. The van der Waals surface area contributed by atoms with E-state index in [1.165, 1.54) is 0 Å². The zero-order chi connectivity index (χ0) is 18.6. The maximum Gasteiger partial charge on any atom is 0.257 e. The number of benzene rings is 2. The van der Waals surface area contributed by atoms with Crippen LogP contribution < -0.4 is 15.6 Å². The van der Waals surface area contributed by atoms with Crippen molar-refractivity contribution >= 4 is 33.0 Å². The number of nitrogens with one attached hydrogen (secondary N) is 3. The predicted molar refractivity (Wildman–Crippen MR) is 106 cm³/mol. The molecule has 3 N–H and O–H groups in total. The Morgan fingerprint density at radius 2 is 1.56 bits per heavy atom. The fourth-order valence-electron chi connectivity index (χ4n) is 2.41. The molecule has 0 atom stereocenters. The molecule has 7 heteroatoms. The van der Waals surface area contributed by atoms with E-state index < -0.39 is 10.0 Å². The Labute approximate surface area is 154 Å². The third-order valence-corrected chi connectivity index (χ3v) is 5.10. The fourth-order valence-corrected chi connectivity index (χ4v) is 3.50. The van der Waals surface area contributed by atoms with E-state index in [4.69, 9.17) is 12.2 Å². The fraction of sp³-hybridized carbons (Fsp3) is 0.278. The van der Waals surface area contributed by atoms with E-state index in [1.807, 2.05) is 44.2 Å². The topological polar surface area (TPSA) is 70.2 Å². The van der Waals surface area contributed by atoms with Crippen LogP contribution in [0.3, 0.4) is 0 Å². The molecule has 2 aromatic carbocycles. The summed E-state index contributed by atoms with van der Waals surface area (Å²) in [5.41, 5.74) is 6.60. The third kappa shape index (κ3) is 5.52. The summed E-state index contributed by atoms with van der Waals surface area (Å²) in [4.78, 5) is 2.47. The molecule has 0 heterocycles. The Morgan fingerprint density at radius 3 is 2.08 bits per heavy atom. The molecule has 0 bridgehead atoms. The zero-order valence-electron chi connectivity index (χ0n) is 14.8. The first-order valence-electron chi connectivity index (χ1n) is 7.94. The van der Waals surface area contributed by atoms with Crippen molar-refractivity contribution < 1.29 is 8.42 Å². The smallest absolute Gasteiger partial charge is 0.257 e. The highest BCUT2D eigenvalue weighted by Crippen LogP contribution is 2.17. The van der Waals surface area contributed by atoms with Crippen LogP contribution in [0.15, 0.2) is 47.4 Å². The number of hydrogen-bond donors (Lipinski definition) is 3.